The third-order valence-corrected chi connectivity index (χ3v) is 4.46. The second kappa shape index (κ2) is 5.62. The van der Waals surface area contributed by atoms with E-state index in [-0.39, 0.29) is 6.10 Å². The van der Waals surface area contributed by atoms with Crippen LogP contribution in [0.25, 0.3) is 22.3 Å². The molecule has 0 unspecified atom stereocenters. The van der Waals surface area contributed by atoms with Crippen LogP contribution < -0.4 is 4.90 Å². The van der Waals surface area contributed by atoms with E-state index < -0.39 is 0 Å². The van der Waals surface area contributed by atoms with Gasteiger partial charge in [-0.15, -0.1) is 10.2 Å². The van der Waals surface area contributed by atoms with Crippen LogP contribution in [0.15, 0.2) is 36.7 Å². The second-order valence-corrected chi connectivity index (χ2v) is 6.00. The molecule has 0 bridgehead atoms. The summed E-state index contributed by atoms with van der Waals surface area (Å²) < 4.78 is 1.95. The van der Waals surface area contributed by atoms with Gasteiger partial charge in [-0.1, -0.05) is 24.3 Å². The summed E-state index contributed by atoms with van der Waals surface area (Å²) in [5.74, 6) is 1.71. The van der Waals surface area contributed by atoms with Gasteiger partial charge in [-0.3, -0.25) is 0 Å². The molecular weight excluding hydrogens is 290 g/mol. The van der Waals surface area contributed by atoms with Gasteiger partial charge in [0, 0.05) is 43.3 Å². The maximum atomic E-state index is 9.71. The Morgan fingerprint density at radius 2 is 1.83 bits per heavy atom. The zero-order valence-corrected chi connectivity index (χ0v) is 13.1. The highest BCUT2D eigenvalue weighted by molar-refractivity contribution is 5.99. The molecule has 4 rings (SSSR count). The van der Waals surface area contributed by atoms with Crippen LogP contribution >= 0.6 is 0 Å². The van der Waals surface area contributed by atoms with Crippen molar-refractivity contribution in [3.8, 4) is 11.5 Å². The van der Waals surface area contributed by atoms with Gasteiger partial charge in [0.25, 0.3) is 0 Å². The zero-order chi connectivity index (χ0) is 15.8. The summed E-state index contributed by atoms with van der Waals surface area (Å²) in [5, 5.41) is 20.8. The Morgan fingerprint density at radius 1 is 1.09 bits per heavy atom. The van der Waals surface area contributed by atoms with Crippen LogP contribution in [0, 0.1) is 0 Å². The normalized spacial score (nSPS) is 16.2. The Labute approximate surface area is 134 Å². The summed E-state index contributed by atoms with van der Waals surface area (Å²) >= 11 is 0. The average Bonchev–Trinajstić information content (AvgIpc) is 3.01. The lowest BCUT2D eigenvalue weighted by atomic mass is 10.1. The first kappa shape index (κ1) is 14.1. The lowest BCUT2D eigenvalue weighted by Crippen LogP contribution is -2.36. The van der Waals surface area contributed by atoms with E-state index in [0.717, 1.165) is 54.0 Å². The number of aliphatic hydroxyl groups excluding tert-OH is 1. The van der Waals surface area contributed by atoms with Crippen molar-refractivity contribution < 1.29 is 5.11 Å². The van der Waals surface area contributed by atoms with Gasteiger partial charge in [-0.25, -0.2) is 4.98 Å². The van der Waals surface area contributed by atoms with Crippen molar-refractivity contribution in [2.75, 3.05) is 18.0 Å². The summed E-state index contributed by atoms with van der Waals surface area (Å²) in [5.41, 5.74) is 0.800. The van der Waals surface area contributed by atoms with Crippen molar-refractivity contribution in [2.45, 2.75) is 18.9 Å². The molecule has 1 aliphatic rings. The maximum Gasteiger partial charge on any atom is 0.160 e. The highest BCUT2D eigenvalue weighted by Crippen LogP contribution is 2.31. The van der Waals surface area contributed by atoms with Crippen molar-refractivity contribution in [2.24, 2.45) is 7.05 Å². The first-order valence-corrected chi connectivity index (χ1v) is 7.90. The Bertz CT molecular complexity index is 836. The largest absolute Gasteiger partial charge is 0.393 e. The van der Waals surface area contributed by atoms with E-state index in [4.69, 9.17) is 0 Å². The average molecular weight is 309 g/mol. The van der Waals surface area contributed by atoms with Gasteiger partial charge >= 0.3 is 0 Å². The number of aryl methyl sites for hydroxylation is 1. The number of piperidine rings is 1. The molecule has 1 fully saturated rings. The summed E-state index contributed by atoms with van der Waals surface area (Å²) in [6.07, 6.45) is 5.03. The molecule has 0 aliphatic carbocycles. The molecule has 1 saturated heterocycles. The van der Waals surface area contributed by atoms with E-state index in [1.54, 1.807) is 6.20 Å². The van der Waals surface area contributed by atoms with Crippen LogP contribution in [0.5, 0.6) is 0 Å². The van der Waals surface area contributed by atoms with Crippen molar-refractivity contribution in [1.29, 1.82) is 0 Å². The molecule has 0 radical (unpaired) electrons. The van der Waals surface area contributed by atoms with Crippen LogP contribution in [-0.2, 0) is 7.05 Å². The zero-order valence-electron chi connectivity index (χ0n) is 13.1. The molecule has 3 aromatic rings. The molecule has 0 spiro atoms. The minimum atomic E-state index is -0.197. The quantitative estimate of drug-likeness (QED) is 0.784. The second-order valence-electron chi connectivity index (χ2n) is 6.00. The van der Waals surface area contributed by atoms with Gasteiger partial charge in [0.1, 0.15) is 5.69 Å². The summed E-state index contributed by atoms with van der Waals surface area (Å²) in [7, 11) is 1.96. The summed E-state index contributed by atoms with van der Waals surface area (Å²) in [4.78, 5) is 6.61. The number of hydrogen-bond acceptors (Lipinski definition) is 5. The van der Waals surface area contributed by atoms with Crippen molar-refractivity contribution in [1.82, 2.24) is 19.7 Å². The highest BCUT2D eigenvalue weighted by Gasteiger charge is 2.22. The Balaban J connectivity index is 1.84. The van der Waals surface area contributed by atoms with E-state index in [2.05, 4.69) is 32.2 Å². The van der Waals surface area contributed by atoms with Crippen molar-refractivity contribution >= 4 is 16.6 Å². The van der Waals surface area contributed by atoms with E-state index >= 15 is 0 Å². The fraction of sp³-hybridized carbons (Fsp3) is 0.353. The van der Waals surface area contributed by atoms with Crippen LogP contribution in [-0.4, -0.2) is 44.0 Å². The topological polar surface area (TPSA) is 67.1 Å². The van der Waals surface area contributed by atoms with Gasteiger partial charge in [0.2, 0.25) is 0 Å². The van der Waals surface area contributed by atoms with Crippen LogP contribution in [0.3, 0.4) is 0 Å². The summed E-state index contributed by atoms with van der Waals surface area (Å²) in [6.45, 7) is 1.61. The number of nitrogens with zero attached hydrogens (tertiary/aromatic N) is 5. The van der Waals surface area contributed by atoms with Crippen LogP contribution in [0.2, 0.25) is 0 Å². The van der Waals surface area contributed by atoms with E-state index in [9.17, 15) is 5.11 Å². The highest BCUT2D eigenvalue weighted by atomic mass is 16.3. The van der Waals surface area contributed by atoms with Crippen molar-refractivity contribution in [3.63, 3.8) is 0 Å². The number of rotatable bonds is 2. The Morgan fingerprint density at radius 3 is 2.52 bits per heavy atom. The smallest absolute Gasteiger partial charge is 0.160 e. The molecule has 0 saturated carbocycles. The van der Waals surface area contributed by atoms with E-state index in [1.807, 2.05) is 29.9 Å². The minimum absolute atomic E-state index is 0.197. The van der Waals surface area contributed by atoms with Crippen LogP contribution in [0.1, 0.15) is 12.8 Å². The molecule has 0 amide bonds. The maximum absolute atomic E-state index is 9.71. The number of imidazole rings is 1. The third kappa shape index (κ3) is 2.45. The van der Waals surface area contributed by atoms with Gasteiger partial charge in [-0.05, 0) is 12.8 Å². The number of aliphatic hydroxyl groups is 1. The molecule has 2 aromatic heterocycles. The van der Waals surface area contributed by atoms with Crippen LogP contribution in [0.4, 0.5) is 5.82 Å². The Hall–Kier alpha value is -2.47. The number of hydrogen-bond donors (Lipinski definition) is 1. The lowest BCUT2D eigenvalue weighted by Gasteiger charge is -2.31. The molecule has 118 valence electrons. The van der Waals surface area contributed by atoms with Crippen molar-refractivity contribution in [3.05, 3.63) is 36.7 Å². The standard InChI is InChI=1S/C17H19N5O/c1-21-11-8-18-17(21)15-13-4-2-3-5-14(13)16(20-19-15)22-9-6-12(23)7-10-22/h2-5,8,11-12,23H,6-7,9-10H2,1H3. The molecule has 1 aliphatic heterocycles. The van der Waals surface area contributed by atoms with Gasteiger partial charge in [0.15, 0.2) is 11.6 Å². The number of aromatic nitrogens is 4. The fourth-order valence-corrected chi connectivity index (χ4v) is 3.16. The molecular formula is C17H19N5O. The van der Waals surface area contributed by atoms with E-state index in [0.29, 0.717) is 0 Å². The first-order chi connectivity index (χ1) is 11.2. The van der Waals surface area contributed by atoms with E-state index in [1.165, 1.54) is 0 Å². The van der Waals surface area contributed by atoms with Gasteiger partial charge in [0.05, 0.1) is 6.10 Å². The van der Waals surface area contributed by atoms with Gasteiger partial charge < -0.3 is 14.6 Å². The first-order valence-electron chi connectivity index (χ1n) is 7.90. The predicted molar refractivity (Wildman–Crippen MR) is 89.2 cm³/mol. The number of fused-ring (bicyclic) bond motifs is 1. The Kier molecular flexibility index (Phi) is 3.46. The molecule has 1 N–H and O–H groups in total. The minimum Gasteiger partial charge on any atom is -0.393 e. The third-order valence-electron chi connectivity index (χ3n) is 4.46. The SMILES string of the molecule is Cn1ccnc1-c1nnc(N2CCC(O)CC2)c2ccccc12. The number of anilines is 1. The summed E-state index contributed by atoms with van der Waals surface area (Å²) in [6, 6.07) is 8.18. The lowest BCUT2D eigenvalue weighted by molar-refractivity contribution is 0.145. The molecule has 3 heterocycles. The molecule has 0 atom stereocenters. The monoisotopic (exact) mass is 309 g/mol. The molecule has 6 nitrogen and oxygen atoms in total. The fourth-order valence-electron chi connectivity index (χ4n) is 3.16. The van der Waals surface area contributed by atoms with Gasteiger partial charge in [-0.2, -0.15) is 0 Å². The molecule has 23 heavy (non-hydrogen) atoms. The molecule has 6 heteroatoms. The molecule has 1 aromatic carbocycles. The predicted octanol–water partition coefficient (Wildman–Crippen LogP) is 1.99. The number of benzene rings is 1.